The molecule has 7 heteroatoms. The van der Waals surface area contributed by atoms with Gasteiger partial charge < -0.3 is 14.6 Å². The molecule has 0 saturated carbocycles. The van der Waals surface area contributed by atoms with Gasteiger partial charge in [-0.1, -0.05) is 11.6 Å². The number of fused-ring (bicyclic) bond motifs is 3. The lowest BCUT2D eigenvalue weighted by Crippen LogP contribution is -2.39. The van der Waals surface area contributed by atoms with Crippen molar-refractivity contribution in [3.8, 4) is 0 Å². The van der Waals surface area contributed by atoms with Crippen LogP contribution in [0.25, 0.3) is 10.9 Å². The molecule has 0 bridgehead atoms. The smallest absolute Gasteiger partial charge is 0.229 e. The van der Waals surface area contributed by atoms with Crippen molar-refractivity contribution in [1.82, 2.24) is 19.9 Å². The first-order valence-corrected chi connectivity index (χ1v) is 10.8. The Labute approximate surface area is 175 Å². The topological polar surface area (TPSA) is 66.9 Å². The van der Waals surface area contributed by atoms with Crippen molar-refractivity contribution >= 4 is 28.5 Å². The van der Waals surface area contributed by atoms with Gasteiger partial charge in [0.05, 0.1) is 6.04 Å². The van der Waals surface area contributed by atoms with Crippen molar-refractivity contribution in [2.75, 3.05) is 24.7 Å². The molecule has 1 aromatic carbocycles. The molecule has 0 radical (unpaired) electrons. The molecule has 6 nitrogen and oxygen atoms in total. The maximum absolute atomic E-state index is 6.30. The number of ether oxygens (including phenoxy) is 1. The minimum Gasteiger partial charge on any atom is -0.381 e. The van der Waals surface area contributed by atoms with Crippen molar-refractivity contribution in [2.24, 2.45) is 5.92 Å². The summed E-state index contributed by atoms with van der Waals surface area (Å²) in [5.41, 5.74) is 3.80. The average molecular weight is 412 g/mol. The number of benzene rings is 1. The summed E-state index contributed by atoms with van der Waals surface area (Å²) >= 11 is 6.30. The van der Waals surface area contributed by atoms with Gasteiger partial charge in [0.1, 0.15) is 11.6 Å². The molecule has 1 saturated heterocycles. The Morgan fingerprint density at radius 2 is 2.03 bits per heavy atom. The highest BCUT2D eigenvalue weighted by atomic mass is 35.5. The van der Waals surface area contributed by atoms with Crippen molar-refractivity contribution in [2.45, 2.75) is 45.6 Å². The standard InChI is InChI=1S/C22H26ClN5O/c1-13-24-14(2)26-22(25-13)28-8-7-17-18-11-16(23)5-6-19(18)27-21(17)20(28)10-15-4-3-9-29-12-15/h5-6,11,15,20,27H,3-4,7-10,12H2,1-2H3/t15-,20-/m0/s1. The zero-order valence-corrected chi connectivity index (χ0v) is 17.7. The van der Waals surface area contributed by atoms with Gasteiger partial charge in [-0.2, -0.15) is 9.97 Å². The molecule has 0 aliphatic carbocycles. The van der Waals surface area contributed by atoms with Gasteiger partial charge in [0.2, 0.25) is 5.95 Å². The van der Waals surface area contributed by atoms with Crippen molar-refractivity contribution in [1.29, 1.82) is 0 Å². The molecule has 0 unspecified atom stereocenters. The first kappa shape index (κ1) is 18.8. The second-order valence-electron chi connectivity index (χ2n) is 8.22. The molecular formula is C22H26ClN5O. The van der Waals surface area contributed by atoms with Crippen LogP contribution in [0.1, 0.15) is 48.2 Å². The van der Waals surface area contributed by atoms with Gasteiger partial charge >= 0.3 is 0 Å². The van der Waals surface area contributed by atoms with Gasteiger partial charge in [-0.05, 0) is 69.2 Å². The zero-order valence-electron chi connectivity index (χ0n) is 16.9. The number of hydrogen-bond acceptors (Lipinski definition) is 5. The lowest BCUT2D eigenvalue weighted by molar-refractivity contribution is 0.0483. The quantitative estimate of drug-likeness (QED) is 0.685. The van der Waals surface area contributed by atoms with Gasteiger partial charge in [0.25, 0.3) is 0 Å². The minimum atomic E-state index is 0.192. The third kappa shape index (κ3) is 3.60. The first-order valence-electron chi connectivity index (χ1n) is 10.4. The Kier molecular flexibility index (Phi) is 4.92. The highest BCUT2D eigenvalue weighted by molar-refractivity contribution is 6.31. The summed E-state index contributed by atoms with van der Waals surface area (Å²) in [4.78, 5) is 19.8. The third-order valence-electron chi connectivity index (χ3n) is 6.13. The summed E-state index contributed by atoms with van der Waals surface area (Å²) in [6.07, 6.45) is 4.31. The predicted molar refractivity (Wildman–Crippen MR) is 115 cm³/mol. The van der Waals surface area contributed by atoms with E-state index in [9.17, 15) is 0 Å². The van der Waals surface area contributed by atoms with E-state index in [1.54, 1.807) is 0 Å². The van der Waals surface area contributed by atoms with E-state index in [1.165, 1.54) is 23.1 Å². The van der Waals surface area contributed by atoms with E-state index in [2.05, 4.69) is 37.0 Å². The zero-order chi connectivity index (χ0) is 20.0. The molecular weight excluding hydrogens is 386 g/mol. The summed E-state index contributed by atoms with van der Waals surface area (Å²) in [7, 11) is 0. The highest BCUT2D eigenvalue weighted by Crippen LogP contribution is 2.41. The Balaban J connectivity index is 1.59. The van der Waals surface area contributed by atoms with Gasteiger partial charge in [-0.3, -0.25) is 0 Å². The highest BCUT2D eigenvalue weighted by Gasteiger charge is 2.34. The molecule has 2 aliphatic rings. The number of rotatable bonds is 3. The van der Waals surface area contributed by atoms with Gasteiger partial charge in [-0.15, -0.1) is 0 Å². The van der Waals surface area contributed by atoms with Crippen molar-refractivity contribution in [3.63, 3.8) is 0 Å². The molecule has 1 N–H and O–H groups in total. The second-order valence-corrected chi connectivity index (χ2v) is 8.65. The van der Waals surface area contributed by atoms with Crippen molar-refractivity contribution < 1.29 is 4.74 Å². The number of aromatic amines is 1. The second kappa shape index (κ2) is 7.58. The van der Waals surface area contributed by atoms with Gasteiger partial charge in [-0.25, -0.2) is 4.98 Å². The van der Waals surface area contributed by atoms with Crippen molar-refractivity contribution in [3.05, 3.63) is 46.1 Å². The van der Waals surface area contributed by atoms with Crippen LogP contribution in [0.2, 0.25) is 5.02 Å². The van der Waals surface area contributed by atoms with E-state index >= 15 is 0 Å². The SMILES string of the molecule is Cc1nc(C)nc(N2CCc3c([nH]c4ccc(Cl)cc34)[C@@H]2C[C@@H]2CCCOC2)n1. The van der Waals surface area contributed by atoms with E-state index in [4.69, 9.17) is 16.3 Å². The fourth-order valence-electron chi connectivity index (χ4n) is 4.86. The molecule has 4 heterocycles. The molecule has 0 amide bonds. The van der Waals surface area contributed by atoms with Crippen LogP contribution < -0.4 is 4.90 Å². The van der Waals surface area contributed by atoms with Crippen LogP contribution in [-0.4, -0.2) is 39.7 Å². The molecule has 2 aromatic heterocycles. The molecule has 3 aromatic rings. The molecule has 1 fully saturated rings. The van der Waals surface area contributed by atoms with Crippen LogP contribution in [0.4, 0.5) is 5.95 Å². The fraction of sp³-hybridized carbons (Fsp3) is 0.500. The minimum absolute atomic E-state index is 0.192. The Bertz CT molecular complexity index is 1020. The van der Waals surface area contributed by atoms with Crippen LogP contribution in [0.5, 0.6) is 0 Å². The van der Waals surface area contributed by atoms with Gasteiger partial charge in [0, 0.05) is 41.4 Å². The summed E-state index contributed by atoms with van der Waals surface area (Å²) in [6, 6.07) is 6.31. The normalized spacial score (nSPS) is 22.1. The van der Waals surface area contributed by atoms with Crippen LogP contribution in [0, 0.1) is 19.8 Å². The summed E-state index contributed by atoms with van der Waals surface area (Å²) in [6.45, 7) is 6.46. The summed E-state index contributed by atoms with van der Waals surface area (Å²) in [5.74, 6) is 2.85. The number of aromatic nitrogens is 4. The lowest BCUT2D eigenvalue weighted by Gasteiger charge is -2.38. The Morgan fingerprint density at radius 1 is 1.21 bits per heavy atom. The van der Waals surface area contributed by atoms with Crippen LogP contribution in [-0.2, 0) is 11.2 Å². The van der Waals surface area contributed by atoms with E-state index < -0.39 is 0 Å². The van der Waals surface area contributed by atoms with Gasteiger partial charge in [0.15, 0.2) is 0 Å². The number of nitrogens with zero attached hydrogens (tertiary/aromatic N) is 4. The van der Waals surface area contributed by atoms with E-state index in [-0.39, 0.29) is 6.04 Å². The third-order valence-corrected chi connectivity index (χ3v) is 6.36. The predicted octanol–water partition coefficient (Wildman–Crippen LogP) is 4.54. The molecule has 0 spiro atoms. The van der Waals surface area contributed by atoms with E-state index in [0.29, 0.717) is 5.92 Å². The molecule has 29 heavy (non-hydrogen) atoms. The maximum atomic E-state index is 6.30. The average Bonchev–Trinajstić information content (AvgIpc) is 3.06. The number of H-pyrrole nitrogens is 1. The van der Waals surface area contributed by atoms with E-state index in [1.807, 2.05) is 19.9 Å². The maximum Gasteiger partial charge on any atom is 0.229 e. The molecule has 2 atom stereocenters. The number of anilines is 1. The Hall–Kier alpha value is -2.18. The first-order chi connectivity index (χ1) is 14.1. The van der Waals surface area contributed by atoms with E-state index in [0.717, 1.165) is 67.2 Å². The molecule has 5 rings (SSSR count). The largest absolute Gasteiger partial charge is 0.381 e. The number of aryl methyl sites for hydroxylation is 2. The molecule has 152 valence electrons. The van der Waals surface area contributed by atoms with Crippen LogP contribution >= 0.6 is 11.6 Å². The number of hydrogen-bond donors (Lipinski definition) is 1. The number of nitrogens with one attached hydrogen (secondary N) is 1. The lowest BCUT2D eigenvalue weighted by atomic mass is 9.88. The number of halogens is 1. The van der Waals surface area contributed by atoms with Crippen LogP contribution in [0.3, 0.4) is 0 Å². The monoisotopic (exact) mass is 411 g/mol. The fourth-order valence-corrected chi connectivity index (χ4v) is 5.03. The summed E-state index contributed by atoms with van der Waals surface area (Å²) in [5, 5.41) is 2.02. The Morgan fingerprint density at radius 3 is 2.79 bits per heavy atom. The molecule has 2 aliphatic heterocycles. The van der Waals surface area contributed by atoms with Crippen LogP contribution in [0.15, 0.2) is 18.2 Å². The summed E-state index contributed by atoms with van der Waals surface area (Å²) < 4.78 is 5.78.